The van der Waals surface area contributed by atoms with Crippen molar-refractivity contribution in [2.45, 2.75) is 20.0 Å². The topological polar surface area (TPSA) is 64.6 Å². The number of nitrogens with one attached hydrogen (secondary N) is 1. The molecule has 0 fully saturated rings. The molecule has 7 heteroatoms. The van der Waals surface area contributed by atoms with Crippen LogP contribution in [0, 0.1) is 0 Å². The molecule has 0 atom stereocenters. The fourth-order valence-corrected chi connectivity index (χ4v) is 2.06. The van der Waals surface area contributed by atoms with Gasteiger partial charge in [0.05, 0.1) is 0 Å². The summed E-state index contributed by atoms with van der Waals surface area (Å²) in [4.78, 5) is 23.8. The second-order valence-electron chi connectivity index (χ2n) is 5.05. The maximum Gasteiger partial charge on any atom is 0.387 e. The van der Waals surface area contributed by atoms with E-state index in [1.807, 2.05) is 19.1 Å². The monoisotopic (exact) mass is 349 g/mol. The zero-order valence-corrected chi connectivity index (χ0v) is 13.5. The van der Waals surface area contributed by atoms with Gasteiger partial charge in [0.1, 0.15) is 11.3 Å². The fourth-order valence-electron chi connectivity index (χ4n) is 2.06. The summed E-state index contributed by atoms with van der Waals surface area (Å²) in [6.45, 7) is -1.59. The van der Waals surface area contributed by atoms with Crippen LogP contribution in [0.25, 0.3) is 0 Å². The minimum absolute atomic E-state index is 0.178. The summed E-state index contributed by atoms with van der Waals surface area (Å²) < 4.78 is 33.8. The minimum atomic E-state index is -3.07. The van der Waals surface area contributed by atoms with Gasteiger partial charge < -0.3 is 14.8 Å². The lowest BCUT2D eigenvalue weighted by Gasteiger charge is -2.10. The van der Waals surface area contributed by atoms with Crippen LogP contribution in [0.2, 0.25) is 0 Å². The molecule has 0 bridgehead atoms. The van der Waals surface area contributed by atoms with E-state index in [1.54, 1.807) is 12.1 Å². The number of carbonyl (C=O) groups excluding carboxylic acids is 2. The van der Waals surface area contributed by atoms with Crippen LogP contribution in [0.4, 0.5) is 14.5 Å². The summed E-state index contributed by atoms with van der Waals surface area (Å²) in [6.07, 6.45) is 0.881. The Morgan fingerprint density at radius 3 is 2.40 bits per heavy atom. The zero-order chi connectivity index (χ0) is 18.2. The van der Waals surface area contributed by atoms with Crippen molar-refractivity contribution < 1.29 is 27.8 Å². The third kappa shape index (κ3) is 5.56. The zero-order valence-electron chi connectivity index (χ0n) is 13.5. The Morgan fingerprint density at radius 1 is 1.08 bits per heavy atom. The molecule has 25 heavy (non-hydrogen) atoms. The van der Waals surface area contributed by atoms with Gasteiger partial charge in [-0.3, -0.25) is 4.79 Å². The predicted octanol–water partition coefficient (Wildman–Crippen LogP) is 3.65. The van der Waals surface area contributed by atoms with Gasteiger partial charge in [0, 0.05) is 5.69 Å². The van der Waals surface area contributed by atoms with Crippen molar-refractivity contribution in [1.82, 2.24) is 0 Å². The highest BCUT2D eigenvalue weighted by molar-refractivity contribution is 5.96. The molecule has 0 aliphatic rings. The standard InChI is InChI=1S/C18H17F2NO4/c1-2-12-7-9-13(10-8-12)21-16(22)11-24-17(23)14-5-3-4-6-15(14)25-18(19)20/h3-10,18H,2,11H2,1H3,(H,21,22). The van der Waals surface area contributed by atoms with Gasteiger partial charge in [0.25, 0.3) is 5.91 Å². The third-order valence-corrected chi connectivity index (χ3v) is 3.30. The summed E-state index contributed by atoms with van der Waals surface area (Å²) >= 11 is 0. The highest BCUT2D eigenvalue weighted by Gasteiger charge is 2.17. The van der Waals surface area contributed by atoms with E-state index in [9.17, 15) is 18.4 Å². The first-order valence-electron chi connectivity index (χ1n) is 7.59. The smallest absolute Gasteiger partial charge is 0.387 e. The summed E-state index contributed by atoms with van der Waals surface area (Å²) in [6, 6.07) is 12.7. The molecule has 132 valence electrons. The van der Waals surface area contributed by atoms with E-state index in [0.717, 1.165) is 12.0 Å². The van der Waals surface area contributed by atoms with Crippen LogP contribution in [0.3, 0.4) is 0 Å². The first kappa shape index (κ1) is 18.4. The average Bonchev–Trinajstić information content (AvgIpc) is 2.60. The van der Waals surface area contributed by atoms with Gasteiger partial charge >= 0.3 is 12.6 Å². The van der Waals surface area contributed by atoms with Gasteiger partial charge in [-0.1, -0.05) is 31.2 Å². The van der Waals surface area contributed by atoms with E-state index in [2.05, 4.69) is 10.1 Å². The normalized spacial score (nSPS) is 10.4. The van der Waals surface area contributed by atoms with Crippen LogP contribution in [0.5, 0.6) is 5.75 Å². The number of anilines is 1. The van der Waals surface area contributed by atoms with E-state index in [0.29, 0.717) is 5.69 Å². The lowest BCUT2D eigenvalue weighted by Crippen LogP contribution is -2.21. The Hall–Kier alpha value is -2.96. The van der Waals surface area contributed by atoms with Gasteiger partial charge in [-0.25, -0.2) is 4.79 Å². The summed E-state index contributed by atoms with van der Waals surface area (Å²) in [5.74, 6) is -1.77. The molecule has 0 aliphatic heterocycles. The number of esters is 1. The fraction of sp³-hybridized carbons (Fsp3) is 0.222. The number of carbonyl (C=O) groups is 2. The number of aryl methyl sites for hydroxylation is 1. The number of ether oxygens (including phenoxy) is 2. The molecule has 0 heterocycles. The quantitative estimate of drug-likeness (QED) is 0.775. The maximum atomic E-state index is 12.3. The van der Waals surface area contributed by atoms with Gasteiger partial charge in [-0.05, 0) is 36.2 Å². The minimum Gasteiger partial charge on any atom is -0.452 e. The second-order valence-corrected chi connectivity index (χ2v) is 5.05. The Labute approximate surface area is 143 Å². The summed E-state index contributed by atoms with van der Waals surface area (Å²) in [5.41, 5.74) is 1.52. The van der Waals surface area contributed by atoms with Crippen LogP contribution in [-0.2, 0) is 16.0 Å². The molecule has 0 radical (unpaired) electrons. The molecule has 0 unspecified atom stereocenters. The highest BCUT2D eigenvalue weighted by atomic mass is 19.3. The molecule has 0 saturated carbocycles. The molecule has 1 N–H and O–H groups in total. The first-order chi connectivity index (χ1) is 12.0. The number of rotatable bonds is 7. The van der Waals surface area contributed by atoms with Crippen LogP contribution < -0.4 is 10.1 Å². The van der Waals surface area contributed by atoms with Gasteiger partial charge in [-0.15, -0.1) is 0 Å². The van der Waals surface area contributed by atoms with Crippen LogP contribution in [0.1, 0.15) is 22.8 Å². The van der Waals surface area contributed by atoms with Crippen molar-refractivity contribution in [2.24, 2.45) is 0 Å². The highest BCUT2D eigenvalue weighted by Crippen LogP contribution is 2.21. The van der Waals surface area contributed by atoms with Crippen molar-refractivity contribution in [3.63, 3.8) is 0 Å². The van der Waals surface area contributed by atoms with Crippen molar-refractivity contribution in [3.05, 3.63) is 59.7 Å². The van der Waals surface area contributed by atoms with E-state index in [-0.39, 0.29) is 11.3 Å². The Balaban J connectivity index is 1.92. The second kappa shape index (κ2) is 8.77. The van der Waals surface area contributed by atoms with Crippen molar-refractivity contribution in [3.8, 4) is 5.75 Å². The number of alkyl halides is 2. The molecular formula is C18H17F2NO4. The molecule has 0 spiro atoms. The molecule has 0 aliphatic carbocycles. The molecule has 1 amide bonds. The maximum absolute atomic E-state index is 12.3. The number of hydrogen-bond donors (Lipinski definition) is 1. The van der Waals surface area contributed by atoms with E-state index in [1.165, 1.54) is 24.3 Å². The lowest BCUT2D eigenvalue weighted by molar-refractivity contribution is -0.119. The molecular weight excluding hydrogens is 332 g/mol. The largest absolute Gasteiger partial charge is 0.452 e. The molecule has 0 saturated heterocycles. The van der Waals surface area contributed by atoms with E-state index < -0.39 is 25.1 Å². The average molecular weight is 349 g/mol. The van der Waals surface area contributed by atoms with Crippen molar-refractivity contribution in [2.75, 3.05) is 11.9 Å². The number of amides is 1. The van der Waals surface area contributed by atoms with Crippen LogP contribution in [-0.4, -0.2) is 25.1 Å². The van der Waals surface area contributed by atoms with Gasteiger partial charge in [-0.2, -0.15) is 8.78 Å². The number of hydrogen-bond acceptors (Lipinski definition) is 4. The van der Waals surface area contributed by atoms with Crippen molar-refractivity contribution in [1.29, 1.82) is 0 Å². The molecule has 2 aromatic rings. The van der Waals surface area contributed by atoms with Crippen LogP contribution >= 0.6 is 0 Å². The van der Waals surface area contributed by atoms with Gasteiger partial charge in [0.15, 0.2) is 6.61 Å². The molecule has 2 rings (SSSR count). The molecule has 0 aromatic heterocycles. The predicted molar refractivity (Wildman–Crippen MR) is 87.8 cm³/mol. The summed E-state index contributed by atoms with van der Waals surface area (Å²) in [5, 5.41) is 2.58. The third-order valence-electron chi connectivity index (χ3n) is 3.30. The summed E-state index contributed by atoms with van der Waals surface area (Å²) in [7, 11) is 0. The van der Waals surface area contributed by atoms with Gasteiger partial charge in [0.2, 0.25) is 0 Å². The van der Waals surface area contributed by atoms with Crippen LogP contribution in [0.15, 0.2) is 48.5 Å². The number of halogens is 2. The number of para-hydroxylation sites is 1. The Kier molecular flexibility index (Phi) is 6.45. The SMILES string of the molecule is CCc1ccc(NC(=O)COC(=O)c2ccccc2OC(F)F)cc1. The van der Waals surface area contributed by atoms with E-state index in [4.69, 9.17) is 4.74 Å². The van der Waals surface area contributed by atoms with Crippen molar-refractivity contribution >= 4 is 17.6 Å². The first-order valence-corrected chi connectivity index (χ1v) is 7.59. The molecule has 2 aromatic carbocycles. The Morgan fingerprint density at radius 2 is 1.76 bits per heavy atom. The Bertz CT molecular complexity index is 732. The van der Waals surface area contributed by atoms with E-state index >= 15 is 0 Å². The number of benzene rings is 2. The lowest BCUT2D eigenvalue weighted by atomic mass is 10.1. The molecule has 5 nitrogen and oxygen atoms in total.